The number of halogens is 1. The predicted octanol–water partition coefficient (Wildman–Crippen LogP) is 4.31. The summed E-state index contributed by atoms with van der Waals surface area (Å²) in [6.07, 6.45) is 6.87. The number of methoxy groups -OCH3 is 1. The minimum atomic E-state index is 0.867. The predicted molar refractivity (Wildman–Crippen MR) is 82.7 cm³/mol. The summed E-state index contributed by atoms with van der Waals surface area (Å²) in [4.78, 5) is 4.20. The standard InChI is InChI=1S/C16H16BrNO/c1-19-15-7-2-5-13(11-15)16(8-3-9-17)14-6-4-10-18-12-14/h2,4-8,10-12H,3,9H2,1H3. The van der Waals surface area contributed by atoms with Gasteiger partial charge in [0.15, 0.2) is 0 Å². The molecule has 19 heavy (non-hydrogen) atoms. The molecule has 0 aliphatic carbocycles. The highest BCUT2D eigenvalue weighted by Crippen LogP contribution is 2.26. The van der Waals surface area contributed by atoms with Gasteiger partial charge in [0.1, 0.15) is 5.75 Å². The van der Waals surface area contributed by atoms with Crippen molar-refractivity contribution in [3.05, 3.63) is 66.0 Å². The number of hydrogen-bond acceptors (Lipinski definition) is 2. The van der Waals surface area contributed by atoms with Crippen molar-refractivity contribution >= 4 is 21.5 Å². The van der Waals surface area contributed by atoms with Gasteiger partial charge in [-0.25, -0.2) is 0 Å². The van der Waals surface area contributed by atoms with Crippen molar-refractivity contribution in [1.29, 1.82) is 0 Å². The molecule has 0 saturated carbocycles. The van der Waals surface area contributed by atoms with Gasteiger partial charge in [-0.1, -0.05) is 40.2 Å². The molecule has 2 aromatic rings. The normalized spacial score (nSPS) is 11.4. The van der Waals surface area contributed by atoms with Gasteiger partial charge in [-0.3, -0.25) is 4.98 Å². The fraction of sp³-hybridized carbons (Fsp3) is 0.188. The molecule has 2 nitrogen and oxygen atoms in total. The summed E-state index contributed by atoms with van der Waals surface area (Å²) >= 11 is 3.47. The molecular formula is C16H16BrNO. The van der Waals surface area contributed by atoms with Crippen LogP contribution in [0.4, 0.5) is 0 Å². The second-order valence-electron chi connectivity index (χ2n) is 4.07. The smallest absolute Gasteiger partial charge is 0.119 e. The van der Waals surface area contributed by atoms with Crippen molar-refractivity contribution in [2.24, 2.45) is 0 Å². The van der Waals surface area contributed by atoms with Gasteiger partial charge in [-0.15, -0.1) is 0 Å². The number of hydrogen-bond donors (Lipinski definition) is 0. The number of allylic oxidation sites excluding steroid dienone is 1. The highest BCUT2D eigenvalue weighted by atomic mass is 79.9. The van der Waals surface area contributed by atoms with Crippen LogP contribution < -0.4 is 4.74 Å². The van der Waals surface area contributed by atoms with E-state index in [0.29, 0.717) is 0 Å². The summed E-state index contributed by atoms with van der Waals surface area (Å²) in [5.74, 6) is 0.867. The highest BCUT2D eigenvalue weighted by molar-refractivity contribution is 9.09. The summed E-state index contributed by atoms with van der Waals surface area (Å²) in [5, 5.41) is 0.945. The van der Waals surface area contributed by atoms with Gasteiger partial charge in [0.05, 0.1) is 7.11 Å². The molecule has 3 heteroatoms. The van der Waals surface area contributed by atoms with E-state index in [1.165, 1.54) is 5.57 Å². The lowest BCUT2D eigenvalue weighted by molar-refractivity contribution is 0.414. The van der Waals surface area contributed by atoms with Gasteiger partial charge in [-0.2, -0.15) is 0 Å². The molecule has 0 bridgehead atoms. The van der Waals surface area contributed by atoms with Gasteiger partial charge >= 0.3 is 0 Å². The number of nitrogens with zero attached hydrogens (tertiary/aromatic N) is 1. The maximum Gasteiger partial charge on any atom is 0.119 e. The third-order valence-electron chi connectivity index (χ3n) is 2.81. The Balaban J connectivity index is 2.43. The van der Waals surface area contributed by atoms with Crippen LogP contribution in [0.5, 0.6) is 5.75 Å². The zero-order valence-electron chi connectivity index (χ0n) is 10.8. The van der Waals surface area contributed by atoms with E-state index in [4.69, 9.17) is 4.74 Å². The van der Waals surface area contributed by atoms with E-state index in [-0.39, 0.29) is 0 Å². The van der Waals surface area contributed by atoms with Crippen molar-refractivity contribution in [2.75, 3.05) is 12.4 Å². The van der Waals surface area contributed by atoms with E-state index in [9.17, 15) is 0 Å². The van der Waals surface area contributed by atoms with Crippen LogP contribution in [0, 0.1) is 0 Å². The number of aromatic nitrogens is 1. The van der Waals surface area contributed by atoms with Gasteiger partial charge in [0.25, 0.3) is 0 Å². The van der Waals surface area contributed by atoms with Crippen molar-refractivity contribution in [3.63, 3.8) is 0 Å². The quantitative estimate of drug-likeness (QED) is 0.767. The first-order valence-corrected chi connectivity index (χ1v) is 7.28. The summed E-state index contributed by atoms with van der Waals surface area (Å²) in [6.45, 7) is 0. The molecule has 1 aromatic heterocycles. The Kier molecular flexibility index (Phi) is 5.16. The maximum absolute atomic E-state index is 5.29. The lowest BCUT2D eigenvalue weighted by Gasteiger charge is -2.09. The Labute approximate surface area is 122 Å². The molecule has 1 aromatic carbocycles. The molecule has 0 N–H and O–H groups in total. The molecule has 0 saturated heterocycles. The minimum absolute atomic E-state index is 0.867. The van der Waals surface area contributed by atoms with Gasteiger partial charge in [0, 0.05) is 23.3 Å². The van der Waals surface area contributed by atoms with Crippen LogP contribution in [0.2, 0.25) is 0 Å². The average molecular weight is 318 g/mol. The number of rotatable bonds is 5. The second-order valence-corrected chi connectivity index (χ2v) is 4.86. The summed E-state index contributed by atoms with van der Waals surface area (Å²) in [6, 6.07) is 12.1. The third-order valence-corrected chi connectivity index (χ3v) is 3.27. The van der Waals surface area contributed by atoms with Crippen LogP contribution in [0.3, 0.4) is 0 Å². The van der Waals surface area contributed by atoms with E-state index >= 15 is 0 Å². The van der Waals surface area contributed by atoms with Gasteiger partial charge in [-0.05, 0) is 35.8 Å². The molecule has 0 spiro atoms. The van der Waals surface area contributed by atoms with E-state index in [1.807, 2.05) is 30.5 Å². The van der Waals surface area contributed by atoms with Crippen molar-refractivity contribution < 1.29 is 4.74 Å². The lowest BCUT2D eigenvalue weighted by atomic mass is 9.98. The van der Waals surface area contributed by atoms with E-state index in [2.05, 4.69) is 39.1 Å². The minimum Gasteiger partial charge on any atom is -0.497 e. The number of ether oxygens (including phenoxy) is 1. The monoisotopic (exact) mass is 317 g/mol. The summed E-state index contributed by atoms with van der Waals surface area (Å²) in [7, 11) is 1.69. The highest BCUT2D eigenvalue weighted by Gasteiger charge is 2.05. The molecule has 0 aliphatic rings. The van der Waals surface area contributed by atoms with E-state index < -0.39 is 0 Å². The number of alkyl halides is 1. The van der Waals surface area contributed by atoms with Crippen LogP contribution in [-0.4, -0.2) is 17.4 Å². The SMILES string of the molecule is COc1cccc(C(=CCCBr)c2cccnc2)c1. The molecule has 0 atom stereocenters. The first-order valence-electron chi connectivity index (χ1n) is 6.16. The van der Waals surface area contributed by atoms with Crippen molar-refractivity contribution in [2.45, 2.75) is 6.42 Å². The summed E-state index contributed by atoms with van der Waals surface area (Å²) in [5.41, 5.74) is 3.46. The summed E-state index contributed by atoms with van der Waals surface area (Å²) < 4.78 is 5.29. The van der Waals surface area contributed by atoms with E-state index in [1.54, 1.807) is 13.3 Å². The lowest BCUT2D eigenvalue weighted by Crippen LogP contribution is -1.91. The maximum atomic E-state index is 5.29. The Morgan fingerprint density at radius 3 is 2.79 bits per heavy atom. The van der Waals surface area contributed by atoms with Gasteiger partial charge < -0.3 is 4.74 Å². The van der Waals surface area contributed by atoms with Crippen molar-refractivity contribution in [3.8, 4) is 5.75 Å². The Bertz CT molecular complexity index is 552. The zero-order valence-corrected chi connectivity index (χ0v) is 12.4. The number of benzene rings is 1. The molecule has 0 fully saturated rings. The third kappa shape index (κ3) is 3.67. The molecule has 98 valence electrons. The molecule has 0 radical (unpaired) electrons. The first kappa shape index (κ1) is 13.8. The fourth-order valence-corrected chi connectivity index (χ4v) is 2.14. The average Bonchev–Trinajstić information content (AvgIpc) is 2.49. The molecule has 0 aliphatic heterocycles. The zero-order chi connectivity index (χ0) is 13.5. The Morgan fingerprint density at radius 1 is 1.26 bits per heavy atom. The largest absolute Gasteiger partial charge is 0.497 e. The molecular weight excluding hydrogens is 302 g/mol. The second kappa shape index (κ2) is 7.10. The van der Waals surface area contributed by atoms with Crippen LogP contribution in [0.1, 0.15) is 17.5 Å². The topological polar surface area (TPSA) is 22.1 Å². The Morgan fingerprint density at radius 2 is 2.11 bits per heavy atom. The van der Waals surface area contributed by atoms with E-state index in [0.717, 1.165) is 28.6 Å². The van der Waals surface area contributed by atoms with Crippen LogP contribution >= 0.6 is 15.9 Å². The van der Waals surface area contributed by atoms with Crippen LogP contribution in [-0.2, 0) is 0 Å². The molecule has 1 heterocycles. The fourth-order valence-electron chi connectivity index (χ4n) is 1.91. The van der Waals surface area contributed by atoms with Crippen LogP contribution in [0.25, 0.3) is 5.57 Å². The number of pyridine rings is 1. The van der Waals surface area contributed by atoms with Gasteiger partial charge in [0.2, 0.25) is 0 Å². The first-order chi connectivity index (χ1) is 9.35. The van der Waals surface area contributed by atoms with Crippen molar-refractivity contribution in [1.82, 2.24) is 4.98 Å². The van der Waals surface area contributed by atoms with Crippen LogP contribution in [0.15, 0.2) is 54.9 Å². The molecule has 0 amide bonds. The molecule has 2 rings (SSSR count). The Hall–Kier alpha value is -1.61. The molecule has 0 unspecified atom stereocenters.